The number of carbonyl (C=O) groups is 1. The molecule has 4 heteroatoms. The number of rotatable bonds is 7. The predicted molar refractivity (Wildman–Crippen MR) is 148 cm³/mol. The molecule has 4 aromatic carbocycles. The Morgan fingerprint density at radius 2 is 1.57 bits per heavy atom. The first-order valence-corrected chi connectivity index (χ1v) is 13.1. The topological polar surface area (TPSA) is 38.8 Å². The van der Waals surface area contributed by atoms with Crippen molar-refractivity contribution in [2.24, 2.45) is 0 Å². The lowest BCUT2D eigenvalue weighted by molar-refractivity contribution is -0.115. The van der Waals surface area contributed by atoms with E-state index >= 15 is 0 Å². The van der Waals surface area contributed by atoms with Crippen molar-refractivity contribution in [3.63, 3.8) is 0 Å². The number of hydrogen-bond donors (Lipinski definition) is 0. The molecule has 0 bridgehead atoms. The number of hydrogen-bond acceptors (Lipinski definition) is 4. The van der Waals surface area contributed by atoms with Gasteiger partial charge in [-0.25, -0.2) is 0 Å². The van der Waals surface area contributed by atoms with Gasteiger partial charge in [0.05, 0.1) is 7.11 Å². The number of nitrogens with zero attached hydrogens (tertiary/aromatic N) is 1. The van der Waals surface area contributed by atoms with Crippen molar-refractivity contribution in [3.8, 4) is 11.5 Å². The van der Waals surface area contributed by atoms with Crippen LogP contribution in [-0.4, -0.2) is 19.0 Å². The van der Waals surface area contributed by atoms with Crippen LogP contribution in [0.15, 0.2) is 96.7 Å². The monoisotopic (exact) mass is 489 g/mol. The first-order chi connectivity index (χ1) is 18.2. The third-order valence-corrected chi connectivity index (χ3v) is 7.45. The van der Waals surface area contributed by atoms with Crippen molar-refractivity contribution in [2.45, 2.75) is 44.8 Å². The Balaban J connectivity index is 1.33. The lowest BCUT2D eigenvalue weighted by Gasteiger charge is -2.30. The minimum Gasteiger partial charge on any atom is -0.493 e. The van der Waals surface area contributed by atoms with E-state index in [0.717, 1.165) is 48.6 Å². The fraction of sp³-hybridized carbons (Fsp3) is 0.242. The standard InChI is InChI=1S/C33H31NO3/c1-36-32-16-15-29(21-33(32)37-31-18-26-9-4-5-10-27(26)19-31)34(28-11-6-12-30(35)20-28)22-23-13-14-24-7-2-3-8-25(24)17-23/h2-5,7-10,13-17,20-21,31H,6,11-12,18-19,22H2,1H3. The molecule has 0 unspecified atom stereocenters. The van der Waals surface area contributed by atoms with Crippen LogP contribution in [0, 0.1) is 0 Å². The molecule has 0 fully saturated rings. The Kier molecular flexibility index (Phi) is 6.40. The van der Waals surface area contributed by atoms with Gasteiger partial charge in [-0.15, -0.1) is 0 Å². The average Bonchev–Trinajstić information content (AvgIpc) is 3.34. The second-order valence-electron chi connectivity index (χ2n) is 9.98. The second kappa shape index (κ2) is 10.1. The first kappa shape index (κ1) is 23.4. The third kappa shape index (κ3) is 4.97. The summed E-state index contributed by atoms with van der Waals surface area (Å²) >= 11 is 0. The van der Waals surface area contributed by atoms with Gasteiger partial charge in [-0.2, -0.15) is 0 Å². The van der Waals surface area contributed by atoms with Crippen molar-refractivity contribution in [2.75, 3.05) is 12.0 Å². The molecule has 6 rings (SSSR count). The molecule has 0 aromatic heterocycles. The van der Waals surface area contributed by atoms with E-state index in [0.29, 0.717) is 13.0 Å². The highest BCUT2D eigenvalue weighted by Gasteiger charge is 2.25. The van der Waals surface area contributed by atoms with Crippen LogP contribution in [0.3, 0.4) is 0 Å². The number of ether oxygens (including phenoxy) is 2. The zero-order chi connectivity index (χ0) is 25.2. The van der Waals surface area contributed by atoms with Crippen LogP contribution in [0.1, 0.15) is 36.0 Å². The fourth-order valence-corrected chi connectivity index (χ4v) is 5.57. The second-order valence-corrected chi connectivity index (χ2v) is 9.98. The van der Waals surface area contributed by atoms with Crippen molar-refractivity contribution < 1.29 is 14.3 Å². The summed E-state index contributed by atoms with van der Waals surface area (Å²) in [5.74, 6) is 1.65. The van der Waals surface area contributed by atoms with E-state index in [1.54, 1.807) is 7.11 Å². The van der Waals surface area contributed by atoms with Gasteiger partial charge >= 0.3 is 0 Å². The van der Waals surface area contributed by atoms with E-state index in [4.69, 9.17) is 9.47 Å². The molecule has 0 amide bonds. The Morgan fingerprint density at radius 1 is 0.811 bits per heavy atom. The highest BCUT2D eigenvalue weighted by atomic mass is 16.5. The van der Waals surface area contributed by atoms with Crippen molar-refractivity contribution in [1.29, 1.82) is 0 Å². The van der Waals surface area contributed by atoms with Crippen LogP contribution in [0.5, 0.6) is 11.5 Å². The minimum absolute atomic E-state index is 0.0750. The van der Waals surface area contributed by atoms with Gasteiger partial charge in [0, 0.05) is 49.3 Å². The van der Waals surface area contributed by atoms with Gasteiger partial charge in [-0.1, -0.05) is 60.7 Å². The number of anilines is 1. The van der Waals surface area contributed by atoms with Gasteiger partial charge in [-0.3, -0.25) is 4.79 Å². The van der Waals surface area contributed by atoms with Gasteiger partial charge in [0.25, 0.3) is 0 Å². The van der Waals surface area contributed by atoms with E-state index in [1.807, 2.05) is 12.1 Å². The quantitative estimate of drug-likeness (QED) is 0.279. The number of benzene rings is 4. The molecule has 0 spiro atoms. The molecule has 0 atom stereocenters. The lowest BCUT2D eigenvalue weighted by Crippen LogP contribution is -2.25. The SMILES string of the molecule is COc1ccc(N(Cc2ccc3ccccc3c2)C2=CC(=O)CCC2)cc1OC1Cc2ccccc2C1. The summed E-state index contributed by atoms with van der Waals surface area (Å²) in [5, 5.41) is 2.44. The number of ketones is 1. The molecule has 0 N–H and O–H groups in total. The van der Waals surface area contributed by atoms with Crippen LogP contribution < -0.4 is 14.4 Å². The zero-order valence-corrected chi connectivity index (χ0v) is 21.2. The highest BCUT2D eigenvalue weighted by Crippen LogP contribution is 2.37. The lowest BCUT2D eigenvalue weighted by atomic mass is 10.0. The zero-order valence-electron chi connectivity index (χ0n) is 21.2. The predicted octanol–water partition coefficient (Wildman–Crippen LogP) is 7.04. The normalized spacial score (nSPS) is 15.4. The van der Waals surface area contributed by atoms with Crippen molar-refractivity contribution in [3.05, 3.63) is 113 Å². The minimum atomic E-state index is 0.0750. The summed E-state index contributed by atoms with van der Waals surface area (Å²) in [6.07, 6.45) is 6.05. The maximum Gasteiger partial charge on any atom is 0.163 e. The summed E-state index contributed by atoms with van der Waals surface area (Å²) in [7, 11) is 1.68. The van der Waals surface area contributed by atoms with Gasteiger partial charge in [-0.05, 0) is 58.5 Å². The van der Waals surface area contributed by atoms with Crippen LogP contribution in [-0.2, 0) is 24.2 Å². The Bertz CT molecular complexity index is 1460. The molecule has 0 heterocycles. The molecule has 4 nitrogen and oxygen atoms in total. The summed E-state index contributed by atoms with van der Waals surface area (Å²) < 4.78 is 12.2. The molecular formula is C33H31NO3. The van der Waals surface area contributed by atoms with Crippen LogP contribution in [0.25, 0.3) is 10.8 Å². The van der Waals surface area contributed by atoms with Gasteiger partial charge in [0.15, 0.2) is 17.3 Å². The molecule has 4 aromatic rings. The Hall–Kier alpha value is -4.05. The van der Waals surface area contributed by atoms with E-state index in [9.17, 15) is 4.79 Å². The summed E-state index contributed by atoms with van der Waals surface area (Å²) in [6.45, 7) is 0.671. The van der Waals surface area contributed by atoms with E-state index in [1.165, 1.54) is 27.5 Å². The largest absolute Gasteiger partial charge is 0.493 e. The van der Waals surface area contributed by atoms with Crippen LogP contribution in [0.2, 0.25) is 0 Å². The van der Waals surface area contributed by atoms with E-state index in [2.05, 4.69) is 83.8 Å². The Labute approximate surface area is 218 Å². The van der Waals surface area contributed by atoms with Crippen LogP contribution >= 0.6 is 0 Å². The van der Waals surface area contributed by atoms with Crippen LogP contribution in [0.4, 0.5) is 5.69 Å². The third-order valence-electron chi connectivity index (χ3n) is 7.45. The number of allylic oxidation sites excluding steroid dienone is 2. The molecule has 0 saturated heterocycles. The molecule has 2 aliphatic rings. The molecule has 2 aliphatic carbocycles. The maximum absolute atomic E-state index is 12.4. The molecule has 186 valence electrons. The summed E-state index contributed by atoms with van der Waals surface area (Å²) in [4.78, 5) is 14.7. The molecule has 0 aliphatic heterocycles. The molecule has 37 heavy (non-hydrogen) atoms. The molecule has 0 saturated carbocycles. The van der Waals surface area contributed by atoms with Gasteiger partial charge in [0.2, 0.25) is 0 Å². The maximum atomic E-state index is 12.4. The first-order valence-electron chi connectivity index (χ1n) is 13.1. The molecular weight excluding hydrogens is 458 g/mol. The number of carbonyl (C=O) groups excluding carboxylic acids is 1. The van der Waals surface area contributed by atoms with Crippen molar-refractivity contribution >= 4 is 22.2 Å². The summed E-state index contributed by atoms with van der Waals surface area (Å²) in [5.41, 5.74) is 5.95. The van der Waals surface area contributed by atoms with Crippen molar-refractivity contribution in [1.82, 2.24) is 0 Å². The average molecular weight is 490 g/mol. The number of fused-ring (bicyclic) bond motifs is 2. The molecule has 0 radical (unpaired) electrons. The van der Waals surface area contributed by atoms with E-state index in [-0.39, 0.29) is 11.9 Å². The van der Waals surface area contributed by atoms with E-state index < -0.39 is 0 Å². The van der Waals surface area contributed by atoms with Gasteiger partial charge in [0.1, 0.15) is 6.10 Å². The summed E-state index contributed by atoms with van der Waals surface area (Å²) in [6, 6.07) is 29.7. The highest BCUT2D eigenvalue weighted by molar-refractivity contribution is 5.92. The number of methoxy groups -OCH3 is 1. The fourth-order valence-electron chi connectivity index (χ4n) is 5.57. The van der Waals surface area contributed by atoms with Gasteiger partial charge < -0.3 is 14.4 Å². The smallest absolute Gasteiger partial charge is 0.163 e. The Morgan fingerprint density at radius 3 is 2.32 bits per heavy atom.